The van der Waals surface area contributed by atoms with E-state index in [-0.39, 0.29) is 11.5 Å². The number of carbonyl (C=O) groups excluding carboxylic acids is 1. The standard InChI is InChI=1S/C22H19ClN4O2S/c1-26-13-5-8-19(26)20(28)14-30-22-25-24-21(17-6-3-4-7-18(17)23)27(22)15-9-11-16(29-2)12-10-15/h3-13H,14H2,1-2H3. The van der Waals surface area contributed by atoms with E-state index in [1.54, 1.807) is 7.11 Å². The van der Waals surface area contributed by atoms with Gasteiger partial charge in [-0.05, 0) is 48.5 Å². The molecular weight excluding hydrogens is 420 g/mol. The topological polar surface area (TPSA) is 61.9 Å². The molecule has 152 valence electrons. The third-order valence-electron chi connectivity index (χ3n) is 4.64. The van der Waals surface area contributed by atoms with Gasteiger partial charge < -0.3 is 9.30 Å². The first kappa shape index (κ1) is 20.3. The molecule has 30 heavy (non-hydrogen) atoms. The molecule has 6 nitrogen and oxygen atoms in total. The second-order valence-corrected chi connectivity index (χ2v) is 7.89. The molecule has 8 heteroatoms. The van der Waals surface area contributed by atoms with Crippen LogP contribution < -0.4 is 4.74 Å². The highest BCUT2D eigenvalue weighted by molar-refractivity contribution is 7.99. The van der Waals surface area contributed by atoms with E-state index in [1.165, 1.54) is 11.8 Å². The number of carbonyl (C=O) groups is 1. The van der Waals surface area contributed by atoms with Crippen molar-refractivity contribution in [2.45, 2.75) is 5.16 Å². The van der Waals surface area contributed by atoms with E-state index in [0.717, 1.165) is 17.0 Å². The number of ketones is 1. The number of aryl methyl sites for hydroxylation is 1. The largest absolute Gasteiger partial charge is 0.497 e. The molecule has 2 aromatic carbocycles. The third kappa shape index (κ3) is 3.99. The number of ether oxygens (including phenoxy) is 1. The van der Waals surface area contributed by atoms with Gasteiger partial charge in [0.15, 0.2) is 16.8 Å². The van der Waals surface area contributed by atoms with Crippen molar-refractivity contribution in [3.05, 3.63) is 77.6 Å². The van der Waals surface area contributed by atoms with Crippen LogP contribution in [0.5, 0.6) is 5.75 Å². The van der Waals surface area contributed by atoms with Crippen LogP contribution in [0.4, 0.5) is 0 Å². The van der Waals surface area contributed by atoms with E-state index in [0.29, 0.717) is 21.7 Å². The monoisotopic (exact) mass is 438 g/mol. The Hall–Kier alpha value is -3.03. The van der Waals surface area contributed by atoms with Crippen LogP contribution >= 0.6 is 23.4 Å². The van der Waals surface area contributed by atoms with E-state index < -0.39 is 0 Å². The highest BCUT2D eigenvalue weighted by atomic mass is 35.5. The summed E-state index contributed by atoms with van der Waals surface area (Å²) in [6.45, 7) is 0. The quantitative estimate of drug-likeness (QED) is 0.303. The molecule has 0 aliphatic heterocycles. The molecule has 0 saturated carbocycles. The molecule has 0 N–H and O–H groups in total. The van der Waals surface area contributed by atoms with Gasteiger partial charge in [-0.15, -0.1) is 10.2 Å². The fraction of sp³-hybridized carbons (Fsp3) is 0.136. The van der Waals surface area contributed by atoms with Crippen LogP contribution in [-0.2, 0) is 7.05 Å². The summed E-state index contributed by atoms with van der Waals surface area (Å²) >= 11 is 7.76. The van der Waals surface area contributed by atoms with Gasteiger partial charge in [0.05, 0.1) is 23.6 Å². The molecule has 0 saturated heterocycles. The first-order valence-corrected chi connectivity index (χ1v) is 10.6. The summed E-state index contributed by atoms with van der Waals surface area (Å²) < 4.78 is 8.99. The van der Waals surface area contributed by atoms with Gasteiger partial charge in [-0.1, -0.05) is 35.5 Å². The number of hydrogen-bond acceptors (Lipinski definition) is 5. The van der Waals surface area contributed by atoms with E-state index in [4.69, 9.17) is 16.3 Å². The van der Waals surface area contributed by atoms with Crippen LogP contribution in [0.25, 0.3) is 17.1 Å². The van der Waals surface area contributed by atoms with Crippen molar-refractivity contribution in [3.8, 4) is 22.8 Å². The van der Waals surface area contributed by atoms with Crippen LogP contribution in [0.15, 0.2) is 72.0 Å². The summed E-state index contributed by atoms with van der Waals surface area (Å²) in [5.74, 6) is 1.63. The summed E-state index contributed by atoms with van der Waals surface area (Å²) in [6, 6.07) is 18.7. The lowest BCUT2D eigenvalue weighted by atomic mass is 10.2. The van der Waals surface area contributed by atoms with Crippen LogP contribution in [0.3, 0.4) is 0 Å². The summed E-state index contributed by atoms with van der Waals surface area (Å²) in [5, 5.41) is 9.93. The first-order chi connectivity index (χ1) is 14.6. The van der Waals surface area contributed by atoms with E-state index >= 15 is 0 Å². The normalized spacial score (nSPS) is 10.9. The fourth-order valence-electron chi connectivity index (χ4n) is 3.10. The maximum atomic E-state index is 12.6. The Morgan fingerprint density at radius 2 is 1.83 bits per heavy atom. The van der Waals surface area contributed by atoms with E-state index in [2.05, 4.69) is 10.2 Å². The number of hydrogen-bond donors (Lipinski definition) is 0. The van der Waals surface area contributed by atoms with Crippen molar-refractivity contribution in [3.63, 3.8) is 0 Å². The Morgan fingerprint density at radius 1 is 1.07 bits per heavy atom. The number of rotatable bonds is 7. The number of Topliss-reactive ketones (excluding diaryl/α,β-unsaturated/α-hetero) is 1. The molecule has 0 atom stereocenters. The third-order valence-corrected chi connectivity index (χ3v) is 5.90. The molecule has 0 aliphatic rings. The minimum atomic E-state index is 0.0241. The van der Waals surface area contributed by atoms with Gasteiger partial charge >= 0.3 is 0 Å². The van der Waals surface area contributed by atoms with Gasteiger partial charge in [0.25, 0.3) is 0 Å². The molecule has 0 spiro atoms. The molecule has 2 heterocycles. The first-order valence-electron chi connectivity index (χ1n) is 9.20. The molecular formula is C22H19ClN4O2S. The van der Waals surface area contributed by atoms with Crippen molar-refractivity contribution in [2.75, 3.05) is 12.9 Å². The number of nitrogens with zero attached hydrogens (tertiary/aromatic N) is 4. The summed E-state index contributed by atoms with van der Waals surface area (Å²) in [7, 11) is 3.48. The smallest absolute Gasteiger partial charge is 0.196 e. The molecule has 0 unspecified atom stereocenters. The van der Waals surface area contributed by atoms with Crippen LogP contribution in [0.1, 0.15) is 10.5 Å². The molecule has 0 aliphatic carbocycles. The van der Waals surface area contributed by atoms with Crippen molar-refractivity contribution in [2.24, 2.45) is 7.05 Å². The van der Waals surface area contributed by atoms with Crippen LogP contribution in [0, 0.1) is 0 Å². The number of aromatic nitrogens is 4. The lowest BCUT2D eigenvalue weighted by Gasteiger charge is -2.12. The number of benzene rings is 2. The predicted octanol–water partition coefficient (Wildman–Crippen LogP) is 4.91. The lowest BCUT2D eigenvalue weighted by Crippen LogP contribution is -2.09. The zero-order valence-electron chi connectivity index (χ0n) is 16.4. The summed E-state index contributed by atoms with van der Waals surface area (Å²) in [6.07, 6.45) is 1.85. The van der Waals surface area contributed by atoms with Crippen molar-refractivity contribution in [1.29, 1.82) is 0 Å². The minimum absolute atomic E-state index is 0.0241. The highest BCUT2D eigenvalue weighted by Gasteiger charge is 2.20. The van der Waals surface area contributed by atoms with Gasteiger partial charge in [0.1, 0.15) is 5.75 Å². The number of methoxy groups -OCH3 is 1. The van der Waals surface area contributed by atoms with Crippen molar-refractivity contribution in [1.82, 2.24) is 19.3 Å². The number of halogens is 1. The van der Waals surface area contributed by atoms with Crippen molar-refractivity contribution < 1.29 is 9.53 Å². The second kappa shape index (κ2) is 8.77. The van der Waals surface area contributed by atoms with Gasteiger partial charge in [-0.3, -0.25) is 9.36 Å². The maximum Gasteiger partial charge on any atom is 0.196 e. The minimum Gasteiger partial charge on any atom is -0.497 e. The second-order valence-electron chi connectivity index (χ2n) is 6.54. The molecule has 2 aromatic heterocycles. The highest BCUT2D eigenvalue weighted by Crippen LogP contribution is 2.32. The number of thioether (sulfide) groups is 1. The van der Waals surface area contributed by atoms with Gasteiger partial charge in [0, 0.05) is 24.5 Å². The lowest BCUT2D eigenvalue weighted by molar-refractivity contribution is 0.101. The zero-order valence-corrected chi connectivity index (χ0v) is 18.0. The predicted molar refractivity (Wildman–Crippen MR) is 119 cm³/mol. The molecule has 4 rings (SSSR count). The van der Waals surface area contributed by atoms with E-state index in [9.17, 15) is 4.79 Å². The molecule has 4 aromatic rings. The summed E-state index contributed by atoms with van der Waals surface area (Å²) in [5.41, 5.74) is 2.27. The molecule has 0 amide bonds. The molecule has 0 radical (unpaired) electrons. The van der Waals surface area contributed by atoms with Crippen LogP contribution in [0.2, 0.25) is 5.02 Å². The summed E-state index contributed by atoms with van der Waals surface area (Å²) in [4.78, 5) is 12.6. The zero-order chi connectivity index (χ0) is 21.1. The average Bonchev–Trinajstić information content (AvgIpc) is 3.38. The molecule has 0 fully saturated rings. The Balaban J connectivity index is 1.72. The van der Waals surface area contributed by atoms with Gasteiger partial charge in [0.2, 0.25) is 0 Å². The fourth-order valence-corrected chi connectivity index (χ4v) is 4.15. The Morgan fingerprint density at radius 3 is 2.50 bits per heavy atom. The SMILES string of the molecule is COc1ccc(-n2c(SCC(=O)c3cccn3C)nnc2-c2ccccc2Cl)cc1. The Kier molecular flexibility index (Phi) is 5.92. The maximum absolute atomic E-state index is 12.6. The average molecular weight is 439 g/mol. The molecule has 0 bridgehead atoms. The Bertz CT molecular complexity index is 1180. The Labute approximate surface area is 183 Å². The van der Waals surface area contributed by atoms with Crippen LogP contribution in [-0.4, -0.2) is 38.0 Å². The van der Waals surface area contributed by atoms with Crippen molar-refractivity contribution >= 4 is 29.1 Å². The van der Waals surface area contributed by atoms with Gasteiger partial charge in [-0.25, -0.2) is 0 Å². The van der Waals surface area contributed by atoms with E-state index in [1.807, 2.05) is 83.0 Å². The van der Waals surface area contributed by atoms with Gasteiger partial charge in [-0.2, -0.15) is 0 Å².